The summed E-state index contributed by atoms with van der Waals surface area (Å²) in [4.78, 5) is 1.57. The number of nitrogens with two attached hydrogens (primary N) is 2. The van der Waals surface area contributed by atoms with Gasteiger partial charge in [0.25, 0.3) is 0 Å². The highest BCUT2D eigenvalue weighted by Gasteiger charge is 2.19. The molecule has 102 valence electrons. The Labute approximate surface area is 110 Å². The summed E-state index contributed by atoms with van der Waals surface area (Å²) in [5, 5.41) is 8.83. The van der Waals surface area contributed by atoms with Gasteiger partial charge in [0, 0.05) is 20.2 Å². The van der Waals surface area contributed by atoms with Crippen LogP contribution in [0.4, 0.5) is 21.5 Å². The van der Waals surface area contributed by atoms with E-state index in [1.54, 1.807) is 4.90 Å². The van der Waals surface area contributed by atoms with Gasteiger partial charge in [-0.15, -0.1) is 0 Å². The molecule has 0 aromatic heterocycles. The number of nitrogen functional groups attached to an aromatic ring is 2. The molecule has 0 bridgehead atoms. The third-order valence-electron chi connectivity index (χ3n) is 2.49. The first-order chi connectivity index (χ1) is 8.52. The first-order valence-electron chi connectivity index (χ1n) is 5.40. The summed E-state index contributed by atoms with van der Waals surface area (Å²) in [5.41, 5.74) is 11.7. The Balaban J connectivity index is 3.14. The lowest BCUT2D eigenvalue weighted by molar-refractivity contribution is 0.202. The van der Waals surface area contributed by atoms with Gasteiger partial charge in [-0.3, -0.25) is 0 Å². The summed E-state index contributed by atoms with van der Waals surface area (Å²) in [6, 6.07) is 1.40. The number of rotatable bonds is 6. The summed E-state index contributed by atoms with van der Waals surface area (Å²) in [7, 11) is 1.53. The molecule has 0 saturated carbocycles. The van der Waals surface area contributed by atoms with Gasteiger partial charge in [0.2, 0.25) is 0 Å². The van der Waals surface area contributed by atoms with Crippen LogP contribution in [0.15, 0.2) is 6.07 Å². The van der Waals surface area contributed by atoms with Crippen molar-refractivity contribution in [3.63, 3.8) is 0 Å². The third-order valence-corrected chi connectivity index (χ3v) is 2.87. The van der Waals surface area contributed by atoms with Crippen LogP contribution in [0, 0.1) is 5.82 Å². The highest BCUT2D eigenvalue weighted by atomic mass is 35.5. The molecule has 0 radical (unpaired) electrons. The van der Waals surface area contributed by atoms with E-state index in [0.29, 0.717) is 13.2 Å². The second kappa shape index (κ2) is 6.63. The van der Waals surface area contributed by atoms with Crippen LogP contribution in [0.1, 0.15) is 0 Å². The highest BCUT2D eigenvalue weighted by molar-refractivity contribution is 6.33. The first kappa shape index (κ1) is 14.8. The molecule has 7 heteroatoms. The minimum atomic E-state index is -0.682. The molecule has 0 aliphatic rings. The lowest BCUT2D eigenvalue weighted by Gasteiger charge is -2.26. The van der Waals surface area contributed by atoms with Gasteiger partial charge >= 0.3 is 0 Å². The molecule has 0 atom stereocenters. The predicted octanol–water partition coefficient (Wildman–Crippen LogP) is 1.09. The van der Waals surface area contributed by atoms with Gasteiger partial charge in [0.1, 0.15) is 5.02 Å². The summed E-state index contributed by atoms with van der Waals surface area (Å²) >= 11 is 5.76. The van der Waals surface area contributed by atoms with Crippen molar-refractivity contribution in [3.05, 3.63) is 16.9 Å². The quantitative estimate of drug-likeness (QED) is 0.678. The Morgan fingerprint density at radius 1 is 1.39 bits per heavy atom. The van der Waals surface area contributed by atoms with Gasteiger partial charge in [0.15, 0.2) is 5.82 Å². The smallest absolute Gasteiger partial charge is 0.169 e. The summed E-state index contributed by atoms with van der Waals surface area (Å²) in [6.45, 7) is 0.856. The number of ether oxygens (including phenoxy) is 1. The SMILES string of the molecule is COCCN(CCO)c1c(N)cc(N)c(Cl)c1F. The maximum atomic E-state index is 14.1. The number of methoxy groups -OCH3 is 1. The van der Waals surface area contributed by atoms with E-state index in [0.717, 1.165) is 0 Å². The Bertz CT molecular complexity index is 418. The number of hydrogen-bond acceptors (Lipinski definition) is 5. The van der Waals surface area contributed by atoms with E-state index in [9.17, 15) is 4.39 Å². The van der Waals surface area contributed by atoms with E-state index in [4.69, 9.17) is 32.9 Å². The van der Waals surface area contributed by atoms with Crippen molar-refractivity contribution in [2.75, 3.05) is 49.8 Å². The zero-order chi connectivity index (χ0) is 13.7. The first-order valence-corrected chi connectivity index (χ1v) is 5.78. The maximum Gasteiger partial charge on any atom is 0.169 e. The molecule has 0 aliphatic heterocycles. The molecule has 0 spiro atoms. The second-order valence-electron chi connectivity index (χ2n) is 3.74. The number of aliphatic hydroxyl groups excluding tert-OH is 1. The zero-order valence-electron chi connectivity index (χ0n) is 10.1. The lowest BCUT2D eigenvalue weighted by atomic mass is 10.2. The number of nitrogens with zero attached hydrogens (tertiary/aromatic N) is 1. The largest absolute Gasteiger partial charge is 0.397 e. The van der Waals surface area contributed by atoms with Crippen molar-refractivity contribution in [1.29, 1.82) is 0 Å². The van der Waals surface area contributed by atoms with Crippen LogP contribution in [0.3, 0.4) is 0 Å². The van der Waals surface area contributed by atoms with E-state index in [-0.39, 0.29) is 35.2 Å². The predicted molar refractivity (Wildman–Crippen MR) is 71.4 cm³/mol. The van der Waals surface area contributed by atoms with Gasteiger partial charge in [-0.25, -0.2) is 4.39 Å². The Kier molecular flexibility index (Phi) is 5.46. The molecule has 1 aromatic rings. The monoisotopic (exact) mass is 277 g/mol. The van der Waals surface area contributed by atoms with Gasteiger partial charge in [0.05, 0.1) is 30.3 Å². The molecule has 1 rings (SSSR count). The minimum absolute atomic E-state index is 0.0890. The average molecular weight is 278 g/mol. The van der Waals surface area contributed by atoms with Crippen molar-refractivity contribution < 1.29 is 14.2 Å². The van der Waals surface area contributed by atoms with Gasteiger partial charge in [-0.2, -0.15) is 0 Å². The highest BCUT2D eigenvalue weighted by Crippen LogP contribution is 2.35. The fraction of sp³-hybridized carbons (Fsp3) is 0.455. The van der Waals surface area contributed by atoms with Gasteiger partial charge in [-0.1, -0.05) is 11.6 Å². The molecule has 18 heavy (non-hydrogen) atoms. The normalized spacial score (nSPS) is 10.7. The van der Waals surface area contributed by atoms with Crippen LogP contribution in [-0.2, 0) is 4.74 Å². The standard InChI is InChI=1S/C11H17ClFN3O2/c1-18-5-3-16(2-4-17)11-8(15)6-7(14)9(12)10(11)13/h6,17H,2-5,14-15H2,1H3. The Morgan fingerprint density at radius 2 is 2.06 bits per heavy atom. The van der Waals surface area contributed by atoms with Crippen LogP contribution in [0.25, 0.3) is 0 Å². The number of hydrogen-bond donors (Lipinski definition) is 3. The molecule has 0 aliphatic carbocycles. The van der Waals surface area contributed by atoms with E-state index < -0.39 is 5.82 Å². The molecule has 1 aromatic carbocycles. The van der Waals surface area contributed by atoms with Crippen molar-refractivity contribution in [2.24, 2.45) is 0 Å². The van der Waals surface area contributed by atoms with Crippen LogP contribution in [0.2, 0.25) is 5.02 Å². The lowest BCUT2D eigenvalue weighted by Crippen LogP contribution is -2.31. The minimum Gasteiger partial charge on any atom is -0.397 e. The van der Waals surface area contributed by atoms with Gasteiger partial charge in [-0.05, 0) is 6.07 Å². The molecule has 0 amide bonds. The van der Waals surface area contributed by atoms with Crippen molar-refractivity contribution in [1.82, 2.24) is 0 Å². The fourth-order valence-corrected chi connectivity index (χ4v) is 1.78. The van der Waals surface area contributed by atoms with Crippen molar-refractivity contribution >= 4 is 28.7 Å². The molecular formula is C11H17ClFN3O2. The summed E-state index contributed by atoms with van der Waals surface area (Å²) in [6.07, 6.45) is 0. The van der Waals surface area contributed by atoms with Crippen LogP contribution >= 0.6 is 11.6 Å². The van der Waals surface area contributed by atoms with Crippen LogP contribution in [-0.4, -0.2) is 38.5 Å². The molecule has 0 saturated heterocycles. The summed E-state index contributed by atoms with van der Waals surface area (Å²) < 4.78 is 19.0. The van der Waals surface area contributed by atoms with Gasteiger partial charge < -0.3 is 26.2 Å². The molecule has 0 heterocycles. The average Bonchev–Trinajstić information content (AvgIpc) is 2.33. The number of aliphatic hydroxyl groups is 1. The number of halogens is 2. The van der Waals surface area contributed by atoms with Crippen LogP contribution in [0.5, 0.6) is 0 Å². The van der Waals surface area contributed by atoms with Crippen molar-refractivity contribution in [3.8, 4) is 0 Å². The topological polar surface area (TPSA) is 84.7 Å². The van der Waals surface area contributed by atoms with E-state index in [1.807, 2.05) is 0 Å². The van der Waals surface area contributed by atoms with E-state index in [1.165, 1.54) is 13.2 Å². The molecule has 0 unspecified atom stereocenters. The maximum absolute atomic E-state index is 14.1. The second-order valence-corrected chi connectivity index (χ2v) is 4.11. The Hall–Kier alpha value is -1.24. The molecule has 0 fully saturated rings. The number of anilines is 3. The molecule has 5 N–H and O–H groups in total. The fourth-order valence-electron chi connectivity index (χ4n) is 1.64. The third kappa shape index (κ3) is 3.16. The Morgan fingerprint density at radius 3 is 2.61 bits per heavy atom. The summed E-state index contributed by atoms with van der Waals surface area (Å²) in [5.74, 6) is -0.682. The van der Waals surface area contributed by atoms with Crippen LogP contribution < -0.4 is 16.4 Å². The van der Waals surface area contributed by atoms with Crippen molar-refractivity contribution in [2.45, 2.75) is 0 Å². The molecule has 5 nitrogen and oxygen atoms in total. The van der Waals surface area contributed by atoms with E-state index in [2.05, 4.69) is 0 Å². The van der Waals surface area contributed by atoms with E-state index >= 15 is 0 Å². The molecular weight excluding hydrogens is 261 g/mol. The zero-order valence-corrected chi connectivity index (χ0v) is 10.9. The number of benzene rings is 1.